The van der Waals surface area contributed by atoms with E-state index in [9.17, 15) is 9.59 Å². The van der Waals surface area contributed by atoms with E-state index in [1.165, 1.54) is 0 Å². The standard InChI is InChI=1S/C4H10BN3O3/c6-3(10)2(1-9)8-4(11)5-7/h2,5,9H,1,7H2,(H2,6,10)(H,8,11)/t2-/m0/s1. The zero-order valence-corrected chi connectivity index (χ0v) is 5.91. The second-order valence-corrected chi connectivity index (χ2v) is 1.91. The largest absolute Gasteiger partial charge is 0.394 e. The predicted octanol–water partition coefficient (Wildman–Crippen LogP) is -3.15. The normalized spacial score (nSPS) is 11.8. The van der Waals surface area contributed by atoms with Gasteiger partial charge in [0.2, 0.25) is 5.91 Å². The summed E-state index contributed by atoms with van der Waals surface area (Å²) in [5, 5.41) is 10.6. The zero-order valence-electron chi connectivity index (χ0n) is 5.91. The maximum atomic E-state index is 10.5. The van der Waals surface area contributed by atoms with Gasteiger partial charge in [-0.15, -0.1) is 0 Å². The SMILES string of the molecule is NBC(=O)N[C@@H](CO)C(N)=O. The molecule has 0 saturated heterocycles. The number of aliphatic hydroxyl groups excluding tert-OH is 1. The van der Waals surface area contributed by atoms with Crippen molar-refractivity contribution >= 4 is 19.1 Å². The van der Waals surface area contributed by atoms with Crippen LogP contribution in [0.1, 0.15) is 0 Å². The van der Waals surface area contributed by atoms with Crippen molar-refractivity contribution < 1.29 is 14.7 Å². The lowest BCUT2D eigenvalue weighted by molar-refractivity contribution is -0.120. The Morgan fingerprint density at radius 1 is 1.64 bits per heavy atom. The van der Waals surface area contributed by atoms with E-state index in [4.69, 9.17) is 16.5 Å². The number of nitrogens with one attached hydrogen (secondary N) is 1. The summed E-state index contributed by atoms with van der Waals surface area (Å²) in [5.74, 6) is -1.31. The Kier molecular flexibility index (Phi) is 4.24. The Morgan fingerprint density at radius 2 is 2.18 bits per heavy atom. The van der Waals surface area contributed by atoms with Crippen LogP contribution in [0.5, 0.6) is 0 Å². The molecular weight excluding hydrogens is 149 g/mol. The Bertz CT molecular complexity index is 163. The van der Waals surface area contributed by atoms with E-state index in [0.29, 0.717) is 0 Å². The zero-order chi connectivity index (χ0) is 8.85. The van der Waals surface area contributed by atoms with E-state index in [1.54, 1.807) is 0 Å². The summed E-state index contributed by atoms with van der Waals surface area (Å²) in [5.41, 5.74) is 9.73. The van der Waals surface area contributed by atoms with E-state index in [-0.39, 0.29) is 7.41 Å². The molecule has 0 aromatic heterocycles. The van der Waals surface area contributed by atoms with Gasteiger partial charge in [-0.1, -0.05) is 0 Å². The van der Waals surface area contributed by atoms with Crippen LogP contribution in [0.2, 0.25) is 0 Å². The molecule has 6 N–H and O–H groups in total. The summed E-state index contributed by atoms with van der Waals surface area (Å²) in [6.07, 6.45) is 0. The van der Waals surface area contributed by atoms with Gasteiger partial charge in [-0.05, 0) is 0 Å². The molecule has 0 heterocycles. The molecule has 0 aliphatic carbocycles. The van der Waals surface area contributed by atoms with Gasteiger partial charge in [-0.2, -0.15) is 0 Å². The van der Waals surface area contributed by atoms with Crippen LogP contribution in [0.4, 0.5) is 4.79 Å². The molecular formula is C4H10BN3O3. The summed E-state index contributed by atoms with van der Waals surface area (Å²) >= 11 is 0. The molecule has 11 heavy (non-hydrogen) atoms. The number of aliphatic hydroxyl groups is 1. The number of rotatable bonds is 4. The van der Waals surface area contributed by atoms with Gasteiger partial charge in [-0.3, -0.25) is 9.59 Å². The van der Waals surface area contributed by atoms with Crippen molar-refractivity contribution in [2.24, 2.45) is 11.4 Å². The van der Waals surface area contributed by atoms with Crippen molar-refractivity contribution in [3.8, 4) is 0 Å². The second kappa shape index (κ2) is 4.70. The van der Waals surface area contributed by atoms with Gasteiger partial charge in [0.05, 0.1) is 6.61 Å². The molecule has 0 aromatic rings. The average molecular weight is 159 g/mol. The fourth-order valence-electron chi connectivity index (χ4n) is 0.460. The number of carbonyl (C=O) groups excluding carboxylic acids is 2. The molecule has 0 bridgehead atoms. The number of hydrogen-bond acceptors (Lipinski definition) is 4. The van der Waals surface area contributed by atoms with Gasteiger partial charge < -0.3 is 21.8 Å². The van der Waals surface area contributed by atoms with Gasteiger partial charge in [-0.25, -0.2) is 0 Å². The minimum Gasteiger partial charge on any atom is -0.394 e. The summed E-state index contributed by atoms with van der Waals surface area (Å²) in [6, 6.07) is -1.04. The van der Waals surface area contributed by atoms with Gasteiger partial charge in [0.25, 0.3) is 0 Å². The van der Waals surface area contributed by atoms with Gasteiger partial charge in [0.15, 0.2) is 5.81 Å². The first kappa shape index (κ1) is 9.92. The summed E-state index contributed by atoms with van der Waals surface area (Å²) in [6.45, 7) is -0.513. The molecule has 0 saturated carbocycles. The van der Waals surface area contributed by atoms with Crippen LogP contribution in [0, 0.1) is 0 Å². The smallest absolute Gasteiger partial charge is 0.308 e. The minimum atomic E-state index is -1.04. The fraction of sp³-hybridized carbons (Fsp3) is 0.500. The monoisotopic (exact) mass is 159 g/mol. The van der Waals surface area contributed by atoms with E-state index < -0.39 is 24.4 Å². The van der Waals surface area contributed by atoms with E-state index in [0.717, 1.165) is 0 Å². The molecule has 0 aliphatic heterocycles. The first-order valence-electron chi connectivity index (χ1n) is 3.01. The van der Waals surface area contributed by atoms with E-state index in [1.807, 2.05) is 0 Å². The van der Waals surface area contributed by atoms with E-state index in [2.05, 4.69) is 5.32 Å². The third kappa shape index (κ3) is 3.59. The lowest BCUT2D eigenvalue weighted by Crippen LogP contribution is -2.49. The van der Waals surface area contributed by atoms with E-state index >= 15 is 0 Å². The highest BCUT2D eigenvalue weighted by Crippen LogP contribution is 1.79. The van der Waals surface area contributed by atoms with Crippen LogP contribution in [-0.4, -0.2) is 36.9 Å². The molecule has 62 valence electrons. The first-order valence-corrected chi connectivity index (χ1v) is 3.01. The molecule has 0 fully saturated rings. The lowest BCUT2D eigenvalue weighted by atomic mass is 9.96. The van der Waals surface area contributed by atoms with Crippen molar-refractivity contribution in [1.82, 2.24) is 5.32 Å². The lowest BCUT2D eigenvalue weighted by Gasteiger charge is -2.10. The fourth-order valence-corrected chi connectivity index (χ4v) is 0.460. The van der Waals surface area contributed by atoms with Crippen LogP contribution in [0.3, 0.4) is 0 Å². The second-order valence-electron chi connectivity index (χ2n) is 1.91. The molecule has 2 amide bonds. The quantitative estimate of drug-likeness (QED) is 0.324. The van der Waals surface area contributed by atoms with Crippen LogP contribution in [0.15, 0.2) is 0 Å². The highest BCUT2D eigenvalue weighted by molar-refractivity contribution is 6.70. The molecule has 0 rings (SSSR count). The Labute approximate surface area is 64.2 Å². The number of amides is 2. The number of primary amides is 1. The molecule has 1 atom stereocenters. The van der Waals surface area contributed by atoms with Crippen molar-refractivity contribution in [3.05, 3.63) is 0 Å². The number of carbonyl (C=O) groups is 2. The van der Waals surface area contributed by atoms with Gasteiger partial charge in [0.1, 0.15) is 6.04 Å². The van der Waals surface area contributed by atoms with Crippen molar-refractivity contribution in [2.45, 2.75) is 6.04 Å². The summed E-state index contributed by atoms with van der Waals surface area (Å²) < 4.78 is 0. The molecule has 0 radical (unpaired) electrons. The molecule has 0 aliphatic rings. The van der Waals surface area contributed by atoms with Gasteiger partial charge in [0, 0.05) is 0 Å². The Balaban J connectivity index is 3.88. The summed E-state index contributed by atoms with van der Waals surface area (Å²) in [4.78, 5) is 20.9. The average Bonchev–Trinajstić information content (AvgIpc) is 1.99. The third-order valence-electron chi connectivity index (χ3n) is 1.05. The maximum absolute atomic E-state index is 10.5. The molecule has 0 spiro atoms. The first-order chi connectivity index (χ1) is 5.11. The van der Waals surface area contributed by atoms with Crippen LogP contribution >= 0.6 is 0 Å². The van der Waals surface area contributed by atoms with Crippen molar-refractivity contribution in [2.75, 3.05) is 6.61 Å². The van der Waals surface area contributed by atoms with Crippen LogP contribution in [0.25, 0.3) is 0 Å². The van der Waals surface area contributed by atoms with Gasteiger partial charge >= 0.3 is 7.41 Å². The Hall–Kier alpha value is -1.08. The van der Waals surface area contributed by atoms with Crippen LogP contribution in [-0.2, 0) is 4.79 Å². The molecule has 0 aromatic carbocycles. The molecule has 6 nitrogen and oxygen atoms in total. The highest BCUT2D eigenvalue weighted by atomic mass is 16.3. The maximum Gasteiger partial charge on any atom is 0.308 e. The molecule has 7 heteroatoms. The highest BCUT2D eigenvalue weighted by Gasteiger charge is 2.15. The molecule has 0 unspecified atom stereocenters. The van der Waals surface area contributed by atoms with Crippen molar-refractivity contribution in [1.29, 1.82) is 0 Å². The van der Waals surface area contributed by atoms with Crippen molar-refractivity contribution in [3.63, 3.8) is 0 Å². The third-order valence-corrected chi connectivity index (χ3v) is 1.05. The number of nitrogens with two attached hydrogens (primary N) is 2. The van der Waals surface area contributed by atoms with Crippen LogP contribution < -0.4 is 16.7 Å². The Morgan fingerprint density at radius 3 is 2.45 bits per heavy atom. The minimum absolute atomic E-state index is 0.232. The number of hydrogen-bond donors (Lipinski definition) is 4. The summed E-state index contributed by atoms with van der Waals surface area (Å²) in [7, 11) is -0.232. The topological polar surface area (TPSA) is 118 Å². The predicted molar refractivity (Wildman–Crippen MR) is 39.9 cm³/mol.